The molecule has 0 aliphatic heterocycles. The topological polar surface area (TPSA) is 35.5 Å². The first-order valence-corrected chi connectivity index (χ1v) is 6.23. The summed E-state index contributed by atoms with van der Waals surface area (Å²) in [5.41, 5.74) is 0.978. The lowest BCUT2D eigenvalue weighted by Gasteiger charge is -1.99. The number of aryl methyl sites for hydroxylation is 1. The highest BCUT2D eigenvalue weighted by molar-refractivity contribution is 7.21. The first kappa shape index (κ1) is 11.9. The Bertz CT molecular complexity index is 557. The van der Waals surface area contributed by atoms with Gasteiger partial charge in [-0.3, -0.25) is 0 Å². The standard InChI is InChI=1S/C13H14O3S/c1-4-16-13(14)12-8(2)10-6-5-9(15-3)7-11(10)17-12/h5-7H,4H2,1-3H3. The normalized spacial score (nSPS) is 10.5. The summed E-state index contributed by atoms with van der Waals surface area (Å²) in [6.45, 7) is 4.15. The summed E-state index contributed by atoms with van der Waals surface area (Å²) in [6.07, 6.45) is 0. The Morgan fingerprint density at radius 2 is 2.18 bits per heavy atom. The summed E-state index contributed by atoms with van der Waals surface area (Å²) < 4.78 is 11.3. The van der Waals surface area contributed by atoms with E-state index in [1.165, 1.54) is 11.3 Å². The first-order valence-electron chi connectivity index (χ1n) is 5.41. The van der Waals surface area contributed by atoms with Gasteiger partial charge in [-0.05, 0) is 43.0 Å². The van der Waals surface area contributed by atoms with Crippen LogP contribution in [0.15, 0.2) is 18.2 Å². The summed E-state index contributed by atoms with van der Waals surface area (Å²) in [6, 6.07) is 5.81. The molecule has 2 aromatic rings. The quantitative estimate of drug-likeness (QED) is 0.783. The fraction of sp³-hybridized carbons (Fsp3) is 0.308. The van der Waals surface area contributed by atoms with Gasteiger partial charge in [0.1, 0.15) is 10.6 Å². The van der Waals surface area contributed by atoms with Gasteiger partial charge in [-0.2, -0.15) is 0 Å². The van der Waals surface area contributed by atoms with E-state index in [-0.39, 0.29) is 5.97 Å². The van der Waals surface area contributed by atoms with Crippen molar-refractivity contribution in [2.45, 2.75) is 13.8 Å². The van der Waals surface area contributed by atoms with Crippen molar-refractivity contribution in [2.75, 3.05) is 13.7 Å². The van der Waals surface area contributed by atoms with Crippen LogP contribution in [0, 0.1) is 6.92 Å². The van der Waals surface area contributed by atoms with Gasteiger partial charge in [0.05, 0.1) is 13.7 Å². The van der Waals surface area contributed by atoms with Crippen molar-refractivity contribution in [2.24, 2.45) is 0 Å². The Kier molecular flexibility index (Phi) is 3.33. The largest absolute Gasteiger partial charge is 0.497 e. The number of rotatable bonds is 3. The number of fused-ring (bicyclic) bond motifs is 1. The van der Waals surface area contributed by atoms with Crippen LogP contribution in [-0.2, 0) is 4.74 Å². The van der Waals surface area contributed by atoms with Crippen LogP contribution in [0.1, 0.15) is 22.2 Å². The predicted octanol–water partition coefficient (Wildman–Crippen LogP) is 3.40. The minimum absolute atomic E-state index is 0.245. The monoisotopic (exact) mass is 250 g/mol. The maximum Gasteiger partial charge on any atom is 0.348 e. The van der Waals surface area contributed by atoms with Gasteiger partial charge in [0.15, 0.2) is 0 Å². The van der Waals surface area contributed by atoms with E-state index in [0.29, 0.717) is 11.5 Å². The van der Waals surface area contributed by atoms with E-state index in [1.807, 2.05) is 32.0 Å². The fourth-order valence-corrected chi connectivity index (χ4v) is 2.86. The van der Waals surface area contributed by atoms with E-state index in [1.54, 1.807) is 7.11 Å². The zero-order valence-corrected chi connectivity index (χ0v) is 10.9. The summed E-state index contributed by atoms with van der Waals surface area (Å²) in [5, 5.41) is 1.08. The van der Waals surface area contributed by atoms with Crippen molar-refractivity contribution in [3.8, 4) is 5.75 Å². The molecule has 0 radical (unpaired) electrons. The highest BCUT2D eigenvalue weighted by Crippen LogP contribution is 2.33. The van der Waals surface area contributed by atoms with Gasteiger partial charge < -0.3 is 9.47 Å². The number of hydrogen-bond donors (Lipinski definition) is 0. The van der Waals surface area contributed by atoms with Crippen molar-refractivity contribution in [1.82, 2.24) is 0 Å². The zero-order valence-electron chi connectivity index (χ0n) is 10.1. The highest BCUT2D eigenvalue weighted by Gasteiger charge is 2.16. The molecule has 4 heteroatoms. The summed E-state index contributed by atoms with van der Waals surface area (Å²) >= 11 is 1.45. The molecule has 17 heavy (non-hydrogen) atoms. The molecule has 0 amide bonds. The molecule has 0 aliphatic rings. The Labute approximate surface area is 104 Å². The summed E-state index contributed by atoms with van der Waals surface area (Å²) in [4.78, 5) is 12.4. The molecule has 1 heterocycles. The van der Waals surface area contributed by atoms with Gasteiger partial charge in [-0.25, -0.2) is 4.79 Å². The number of benzene rings is 1. The minimum Gasteiger partial charge on any atom is -0.497 e. The number of methoxy groups -OCH3 is 1. The fourth-order valence-electron chi connectivity index (χ4n) is 1.72. The van der Waals surface area contributed by atoms with Gasteiger partial charge in [0.2, 0.25) is 0 Å². The van der Waals surface area contributed by atoms with Crippen LogP contribution in [0.3, 0.4) is 0 Å². The molecule has 1 aromatic heterocycles. The molecular formula is C13H14O3S. The smallest absolute Gasteiger partial charge is 0.348 e. The Morgan fingerprint density at radius 1 is 1.41 bits per heavy atom. The molecule has 0 unspecified atom stereocenters. The molecule has 90 valence electrons. The molecule has 1 aromatic carbocycles. The number of carbonyl (C=O) groups is 1. The number of esters is 1. The molecule has 3 nitrogen and oxygen atoms in total. The van der Waals surface area contributed by atoms with Crippen LogP contribution in [0.4, 0.5) is 0 Å². The van der Waals surface area contributed by atoms with Crippen LogP contribution >= 0.6 is 11.3 Å². The molecule has 0 aliphatic carbocycles. The number of carbonyl (C=O) groups excluding carboxylic acids is 1. The van der Waals surface area contributed by atoms with Crippen molar-refractivity contribution >= 4 is 27.4 Å². The lowest BCUT2D eigenvalue weighted by Crippen LogP contribution is -2.03. The Balaban J connectivity index is 2.52. The van der Waals surface area contributed by atoms with Gasteiger partial charge in [0, 0.05) is 4.70 Å². The minimum atomic E-state index is -0.245. The molecule has 0 bridgehead atoms. The molecular weight excluding hydrogens is 236 g/mol. The van der Waals surface area contributed by atoms with Crippen LogP contribution in [0.25, 0.3) is 10.1 Å². The molecule has 2 rings (SSSR count). The molecule has 0 saturated heterocycles. The van der Waals surface area contributed by atoms with Gasteiger partial charge >= 0.3 is 5.97 Å². The van der Waals surface area contributed by atoms with Crippen LogP contribution < -0.4 is 4.74 Å². The third-order valence-electron chi connectivity index (χ3n) is 2.61. The van der Waals surface area contributed by atoms with E-state index in [4.69, 9.17) is 9.47 Å². The van der Waals surface area contributed by atoms with Crippen molar-refractivity contribution in [1.29, 1.82) is 0 Å². The number of ether oxygens (including phenoxy) is 2. The second-order valence-corrected chi connectivity index (χ2v) is 4.69. The third kappa shape index (κ3) is 2.13. The average molecular weight is 250 g/mol. The summed E-state index contributed by atoms with van der Waals surface area (Å²) in [7, 11) is 1.63. The lowest BCUT2D eigenvalue weighted by atomic mass is 10.1. The number of thiophene rings is 1. The van der Waals surface area contributed by atoms with Crippen molar-refractivity contribution in [3.05, 3.63) is 28.6 Å². The Morgan fingerprint density at radius 3 is 2.82 bits per heavy atom. The van der Waals surface area contributed by atoms with E-state index < -0.39 is 0 Å². The van der Waals surface area contributed by atoms with Crippen molar-refractivity contribution in [3.63, 3.8) is 0 Å². The van der Waals surface area contributed by atoms with Crippen LogP contribution in [-0.4, -0.2) is 19.7 Å². The maximum atomic E-state index is 11.7. The van der Waals surface area contributed by atoms with Gasteiger partial charge in [-0.1, -0.05) is 0 Å². The second kappa shape index (κ2) is 4.75. The Hall–Kier alpha value is -1.55. The second-order valence-electron chi connectivity index (χ2n) is 3.64. The summed E-state index contributed by atoms with van der Waals surface area (Å²) in [5.74, 6) is 0.555. The third-order valence-corrected chi connectivity index (χ3v) is 3.84. The van der Waals surface area contributed by atoms with E-state index in [9.17, 15) is 4.79 Å². The van der Waals surface area contributed by atoms with Gasteiger partial charge in [0.25, 0.3) is 0 Å². The molecule has 0 fully saturated rings. The van der Waals surface area contributed by atoms with Crippen molar-refractivity contribution < 1.29 is 14.3 Å². The first-order chi connectivity index (χ1) is 8.17. The molecule has 0 spiro atoms. The van der Waals surface area contributed by atoms with Crippen LogP contribution in [0.2, 0.25) is 0 Å². The average Bonchev–Trinajstić information content (AvgIpc) is 2.66. The molecule has 0 atom stereocenters. The van der Waals surface area contributed by atoms with E-state index in [2.05, 4.69) is 0 Å². The molecule has 0 N–H and O–H groups in total. The maximum absolute atomic E-state index is 11.7. The highest BCUT2D eigenvalue weighted by atomic mass is 32.1. The SMILES string of the molecule is CCOC(=O)c1sc2cc(OC)ccc2c1C. The van der Waals surface area contributed by atoms with E-state index in [0.717, 1.165) is 21.4 Å². The predicted molar refractivity (Wildman–Crippen MR) is 69.1 cm³/mol. The molecule has 0 saturated carbocycles. The number of hydrogen-bond acceptors (Lipinski definition) is 4. The van der Waals surface area contributed by atoms with Gasteiger partial charge in [-0.15, -0.1) is 11.3 Å². The lowest BCUT2D eigenvalue weighted by molar-refractivity contribution is 0.0531. The zero-order chi connectivity index (χ0) is 12.4. The van der Waals surface area contributed by atoms with Crippen LogP contribution in [0.5, 0.6) is 5.75 Å². The van der Waals surface area contributed by atoms with E-state index >= 15 is 0 Å².